The van der Waals surface area contributed by atoms with Crippen LogP contribution in [0.2, 0.25) is 0 Å². The molecule has 0 aliphatic carbocycles. The molecule has 0 unspecified atom stereocenters. The molecular weight excluding hydrogens is 281 g/mol. The van der Waals surface area contributed by atoms with E-state index in [0.717, 1.165) is 5.69 Å². The molecule has 103 valence electrons. The normalized spacial score (nSPS) is 10.5. The molecule has 0 fully saturated rings. The van der Waals surface area contributed by atoms with Crippen LogP contribution >= 0.6 is 0 Å². The van der Waals surface area contributed by atoms with E-state index in [1.807, 2.05) is 0 Å². The second-order valence-electron chi connectivity index (χ2n) is 3.67. The molecule has 0 bridgehead atoms. The van der Waals surface area contributed by atoms with E-state index in [1.165, 1.54) is 0 Å². The van der Waals surface area contributed by atoms with E-state index >= 15 is 0 Å². The third kappa shape index (κ3) is 7.64. The number of nitrogens with one attached hydrogen (secondary N) is 1. The maximum atomic E-state index is 10.5. The minimum absolute atomic E-state index is 0. The van der Waals surface area contributed by atoms with Crippen LogP contribution in [0.1, 0.15) is 6.42 Å². The quantitative estimate of drug-likeness (QED) is 0.444. The summed E-state index contributed by atoms with van der Waals surface area (Å²) in [6, 6.07) is 5.29. The van der Waals surface area contributed by atoms with Crippen LogP contribution in [-0.4, -0.2) is 69.0 Å². The maximum Gasteiger partial charge on any atom is 0.264 e. The van der Waals surface area contributed by atoms with E-state index < -0.39 is 10.1 Å². The van der Waals surface area contributed by atoms with Gasteiger partial charge in [0, 0.05) is 60.0 Å². The minimum atomic E-state index is -3.89. The molecule has 6 nitrogen and oxygen atoms in total. The zero-order chi connectivity index (χ0) is 13.6. The van der Waals surface area contributed by atoms with Gasteiger partial charge in [0.25, 0.3) is 10.1 Å². The van der Waals surface area contributed by atoms with Gasteiger partial charge in [-0.05, 0) is 6.42 Å². The summed E-state index contributed by atoms with van der Waals surface area (Å²) in [5, 5.41) is 3.03. The summed E-state index contributed by atoms with van der Waals surface area (Å²) in [5.74, 6) is 1.03. The zero-order valence-electron chi connectivity index (χ0n) is 11.3. The number of anilines is 1. The van der Waals surface area contributed by atoms with E-state index in [-0.39, 0.29) is 35.3 Å². The Labute approximate surface area is 135 Å². The van der Waals surface area contributed by atoms with Crippen molar-refractivity contribution in [3.05, 3.63) is 18.2 Å². The average Bonchev–Trinajstić information content (AvgIpc) is 2.33. The zero-order valence-corrected chi connectivity index (χ0v) is 14.2. The fourth-order valence-electron chi connectivity index (χ4n) is 1.40. The summed E-state index contributed by atoms with van der Waals surface area (Å²) in [7, 11) is -0.789. The van der Waals surface area contributed by atoms with E-state index in [1.54, 1.807) is 32.4 Å². The van der Waals surface area contributed by atoms with Gasteiger partial charge in [-0.3, -0.25) is 4.55 Å². The Morgan fingerprint density at radius 2 is 1.68 bits per heavy atom. The molecule has 0 saturated heterocycles. The Hall–Kier alpha value is -0.470. The van der Waals surface area contributed by atoms with Gasteiger partial charge < -0.3 is 14.8 Å². The number of hydrogen-bond donors (Lipinski definition) is 2. The summed E-state index contributed by atoms with van der Waals surface area (Å²) in [4.78, 5) is 0. The number of rotatable bonds is 7. The molecule has 0 aromatic heterocycles. The molecule has 0 spiro atoms. The van der Waals surface area contributed by atoms with Gasteiger partial charge in [0.1, 0.15) is 11.5 Å². The smallest absolute Gasteiger partial charge is 0.264 e. The summed E-state index contributed by atoms with van der Waals surface area (Å²) in [6.07, 6.45) is 0.318. The van der Waals surface area contributed by atoms with Crippen LogP contribution in [0.4, 0.5) is 5.69 Å². The van der Waals surface area contributed by atoms with Gasteiger partial charge >= 0.3 is 0 Å². The van der Waals surface area contributed by atoms with Gasteiger partial charge in [0.15, 0.2) is 0 Å². The van der Waals surface area contributed by atoms with Crippen LogP contribution in [0.15, 0.2) is 18.2 Å². The van der Waals surface area contributed by atoms with Gasteiger partial charge in [-0.1, -0.05) is 0 Å². The summed E-state index contributed by atoms with van der Waals surface area (Å²) in [6.45, 7) is 0.427. The van der Waals surface area contributed by atoms with Crippen molar-refractivity contribution in [2.45, 2.75) is 6.42 Å². The maximum absolute atomic E-state index is 10.5. The minimum Gasteiger partial charge on any atom is -0.497 e. The number of benzene rings is 1. The Morgan fingerprint density at radius 3 is 2.11 bits per heavy atom. The van der Waals surface area contributed by atoms with Gasteiger partial charge in [-0.2, -0.15) is 8.42 Å². The third-order valence-electron chi connectivity index (χ3n) is 2.26. The van der Waals surface area contributed by atoms with Crippen LogP contribution in [0, 0.1) is 0 Å². The number of methoxy groups -OCH3 is 2. The van der Waals surface area contributed by atoms with Crippen molar-refractivity contribution in [3.8, 4) is 11.5 Å². The SMILES string of the molecule is COc1cc(NCCCS(=O)(=O)O)cc(OC)c1.[Na]. The fourth-order valence-corrected chi connectivity index (χ4v) is 1.91. The van der Waals surface area contributed by atoms with Crippen LogP contribution in [0.25, 0.3) is 0 Å². The van der Waals surface area contributed by atoms with Crippen molar-refractivity contribution >= 4 is 45.4 Å². The van der Waals surface area contributed by atoms with Crippen molar-refractivity contribution in [1.29, 1.82) is 0 Å². The third-order valence-corrected chi connectivity index (χ3v) is 3.06. The molecule has 2 N–H and O–H groups in total. The van der Waals surface area contributed by atoms with E-state index in [4.69, 9.17) is 14.0 Å². The Kier molecular flexibility index (Phi) is 8.44. The Bertz CT molecular complexity index is 470. The predicted molar refractivity (Wildman–Crippen MR) is 74.8 cm³/mol. The molecule has 1 radical (unpaired) electrons. The van der Waals surface area contributed by atoms with Crippen LogP contribution in [0.5, 0.6) is 11.5 Å². The largest absolute Gasteiger partial charge is 0.497 e. The molecule has 0 heterocycles. The molecule has 0 aliphatic rings. The first-order valence-corrected chi connectivity index (χ1v) is 6.97. The molecule has 0 aliphatic heterocycles. The number of hydrogen-bond acceptors (Lipinski definition) is 5. The molecule has 1 aromatic rings. The summed E-state index contributed by atoms with van der Waals surface area (Å²) < 4.78 is 39.9. The van der Waals surface area contributed by atoms with Crippen molar-refractivity contribution in [2.75, 3.05) is 31.8 Å². The molecule has 0 amide bonds. The van der Waals surface area contributed by atoms with Crippen molar-refractivity contribution in [3.63, 3.8) is 0 Å². The monoisotopic (exact) mass is 298 g/mol. The second kappa shape index (κ2) is 8.65. The molecule has 1 rings (SSSR count). The van der Waals surface area contributed by atoms with Gasteiger partial charge in [0.05, 0.1) is 20.0 Å². The van der Waals surface area contributed by atoms with Crippen LogP contribution in [-0.2, 0) is 10.1 Å². The van der Waals surface area contributed by atoms with Crippen LogP contribution < -0.4 is 14.8 Å². The molecule has 1 aromatic carbocycles. The second-order valence-corrected chi connectivity index (χ2v) is 5.24. The Morgan fingerprint density at radius 1 is 1.16 bits per heavy atom. The number of ether oxygens (including phenoxy) is 2. The fraction of sp³-hybridized carbons (Fsp3) is 0.455. The van der Waals surface area contributed by atoms with E-state index in [0.29, 0.717) is 24.5 Å². The first-order chi connectivity index (χ1) is 8.44. The summed E-state index contributed by atoms with van der Waals surface area (Å²) >= 11 is 0. The average molecular weight is 298 g/mol. The predicted octanol–water partition coefficient (Wildman–Crippen LogP) is 1.01. The molecule has 0 atom stereocenters. The molecule has 0 saturated carbocycles. The van der Waals surface area contributed by atoms with Crippen LogP contribution in [0.3, 0.4) is 0 Å². The van der Waals surface area contributed by atoms with Gasteiger partial charge in [-0.25, -0.2) is 0 Å². The van der Waals surface area contributed by atoms with Gasteiger partial charge in [0.2, 0.25) is 0 Å². The summed E-state index contributed by atoms with van der Waals surface area (Å²) in [5.41, 5.74) is 0.765. The van der Waals surface area contributed by atoms with Crippen molar-refractivity contribution < 1.29 is 22.4 Å². The topological polar surface area (TPSA) is 84.9 Å². The Balaban J connectivity index is 0.00000324. The van der Waals surface area contributed by atoms with E-state index in [9.17, 15) is 8.42 Å². The van der Waals surface area contributed by atoms with Gasteiger partial charge in [-0.15, -0.1) is 0 Å². The molecule has 8 heteroatoms. The molecule has 19 heavy (non-hydrogen) atoms. The first kappa shape index (κ1) is 18.5. The standard InChI is InChI=1S/C11H17NO5S.Na/c1-16-10-6-9(7-11(8-10)17-2)12-4-3-5-18(13,14)15;/h6-8,12H,3-5H2,1-2H3,(H,13,14,15);. The van der Waals surface area contributed by atoms with Crippen molar-refractivity contribution in [1.82, 2.24) is 0 Å². The first-order valence-electron chi connectivity index (χ1n) is 5.36. The molecular formula is C11H17NNaO5S. The van der Waals surface area contributed by atoms with E-state index in [2.05, 4.69) is 5.32 Å². The van der Waals surface area contributed by atoms with Crippen molar-refractivity contribution in [2.24, 2.45) is 0 Å².